The zero-order valence-electron chi connectivity index (χ0n) is 9.63. The molecule has 0 aliphatic carbocycles. The predicted molar refractivity (Wildman–Crippen MR) is 60.0 cm³/mol. The number of rotatable bonds is 4. The second kappa shape index (κ2) is 5.29. The van der Waals surface area contributed by atoms with Crippen LogP contribution in [0, 0.1) is 0 Å². The lowest BCUT2D eigenvalue weighted by Gasteiger charge is -2.01. The molecule has 6 heteroatoms. The predicted octanol–water partition coefficient (Wildman–Crippen LogP) is 0.608. The third-order valence-corrected chi connectivity index (χ3v) is 1.99. The maximum atomic E-state index is 11.3. The highest BCUT2D eigenvalue weighted by Crippen LogP contribution is 2.14. The Morgan fingerprint density at radius 3 is 2.69 bits per heavy atom. The van der Waals surface area contributed by atoms with Gasteiger partial charge in [0.2, 0.25) is 11.8 Å². The van der Waals surface area contributed by atoms with Gasteiger partial charge >= 0.3 is 0 Å². The molecule has 88 valence electrons. The van der Waals surface area contributed by atoms with Crippen LogP contribution in [0.5, 0.6) is 0 Å². The summed E-state index contributed by atoms with van der Waals surface area (Å²) in [6, 6.07) is 1.77. The molecule has 0 fully saturated rings. The van der Waals surface area contributed by atoms with Crippen molar-refractivity contribution in [3.63, 3.8) is 0 Å². The summed E-state index contributed by atoms with van der Waals surface area (Å²) >= 11 is 0. The maximum absolute atomic E-state index is 11.3. The van der Waals surface area contributed by atoms with Gasteiger partial charge in [0, 0.05) is 18.7 Å². The molecule has 1 aromatic heterocycles. The minimum Gasteiger partial charge on any atom is -0.347 e. The van der Waals surface area contributed by atoms with Crippen LogP contribution in [-0.4, -0.2) is 28.6 Å². The van der Waals surface area contributed by atoms with Crippen molar-refractivity contribution in [1.29, 1.82) is 0 Å². The molecule has 6 nitrogen and oxygen atoms in total. The van der Waals surface area contributed by atoms with Crippen molar-refractivity contribution in [1.82, 2.24) is 15.5 Å². The van der Waals surface area contributed by atoms with Crippen LogP contribution in [0.1, 0.15) is 32.4 Å². The quantitative estimate of drug-likeness (QED) is 0.700. The Morgan fingerprint density at radius 2 is 2.19 bits per heavy atom. The summed E-state index contributed by atoms with van der Waals surface area (Å²) in [4.78, 5) is 21.9. The van der Waals surface area contributed by atoms with E-state index in [1.165, 1.54) is 6.92 Å². The number of carbonyl (C=O) groups excluding carboxylic acids is 2. The summed E-state index contributed by atoms with van der Waals surface area (Å²) in [6.07, 6.45) is 0. The Morgan fingerprint density at radius 1 is 1.50 bits per heavy atom. The molecule has 0 saturated heterocycles. The first kappa shape index (κ1) is 12.2. The van der Waals surface area contributed by atoms with Crippen LogP contribution in [0.4, 0.5) is 5.82 Å². The minimum absolute atomic E-state index is 0.0425. The largest absolute Gasteiger partial charge is 0.347 e. The normalized spacial score (nSPS) is 10.2. The number of hydrogen-bond donors (Lipinski definition) is 3. The van der Waals surface area contributed by atoms with Crippen LogP contribution < -0.4 is 10.6 Å². The SMILES string of the molecule is CC(=O)NCC(=O)Nc1cc(C(C)C)[nH]n1. The Bertz CT molecular complexity index is 384. The van der Waals surface area contributed by atoms with Crippen molar-refractivity contribution < 1.29 is 9.59 Å². The van der Waals surface area contributed by atoms with Crippen LogP contribution in [0.15, 0.2) is 6.07 Å². The van der Waals surface area contributed by atoms with E-state index >= 15 is 0 Å². The van der Waals surface area contributed by atoms with Crippen molar-refractivity contribution in [3.8, 4) is 0 Å². The molecular formula is C10H16N4O2. The number of nitrogens with one attached hydrogen (secondary N) is 3. The Balaban J connectivity index is 2.46. The van der Waals surface area contributed by atoms with Gasteiger partial charge in [-0.2, -0.15) is 5.10 Å². The highest BCUT2D eigenvalue weighted by atomic mass is 16.2. The van der Waals surface area contributed by atoms with Crippen molar-refractivity contribution in [2.45, 2.75) is 26.7 Å². The lowest BCUT2D eigenvalue weighted by atomic mass is 10.1. The van der Waals surface area contributed by atoms with E-state index in [-0.39, 0.29) is 18.4 Å². The van der Waals surface area contributed by atoms with Gasteiger partial charge in [-0.3, -0.25) is 14.7 Å². The van der Waals surface area contributed by atoms with E-state index in [0.717, 1.165) is 5.69 Å². The van der Waals surface area contributed by atoms with Crippen molar-refractivity contribution in [2.75, 3.05) is 11.9 Å². The van der Waals surface area contributed by atoms with Crippen LogP contribution in [-0.2, 0) is 9.59 Å². The fourth-order valence-electron chi connectivity index (χ4n) is 1.09. The number of hydrogen-bond acceptors (Lipinski definition) is 3. The molecule has 0 spiro atoms. The molecule has 0 bridgehead atoms. The molecule has 1 aromatic rings. The highest BCUT2D eigenvalue weighted by Gasteiger charge is 2.07. The third-order valence-electron chi connectivity index (χ3n) is 1.99. The van der Waals surface area contributed by atoms with Crippen molar-refractivity contribution >= 4 is 17.6 Å². The summed E-state index contributed by atoms with van der Waals surface area (Å²) in [5.41, 5.74) is 0.954. The average Bonchev–Trinajstić information content (AvgIpc) is 2.63. The molecule has 1 heterocycles. The van der Waals surface area contributed by atoms with Crippen LogP contribution in [0.3, 0.4) is 0 Å². The number of carbonyl (C=O) groups is 2. The lowest BCUT2D eigenvalue weighted by molar-refractivity contribution is -0.122. The zero-order valence-corrected chi connectivity index (χ0v) is 9.63. The first-order valence-electron chi connectivity index (χ1n) is 5.08. The van der Waals surface area contributed by atoms with Gasteiger partial charge in [-0.25, -0.2) is 0 Å². The summed E-state index contributed by atoms with van der Waals surface area (Å²) in [5.74, 6) is 0.268. The third kappa shape index (κ3) is 3.72. The first-order chi connectivity index (χ1) is 7.49. The highest BCUT2D eigenvalue weighted by molar-refractivity contribution is 5.93. The molecule has 0 aromatic carbocycles. The molecule has 0 atom stereocenters. The summed E-state index contributed by atoms with van der Waals surface area (Å²) < 4.78 is 0. The zero-order chi connectivity index (χ0) is 12.1. The van der Waals surface area contributed by atoms with Crippen LogP contribution >= 0.6 is 0 Å². The summed E-state index contributed by atoms with van der Waals surface area (Å²) in [6.45, 7) is 5.37. The number of H-pyrrole nitrogens is 1. The Hall–Kier alpha value is -1.85. The van der Waals surface area contributed by atoms with Crippen LogP contribution in [0.2, 0.25) is 0 Å². The van der Waals surface area contributed by atoms with Gasteiger partial charge < -0.3 is 10.6 Å². The number of aromatic amines is 1. The van der Waals surface area contributed by atoms with Crippen molar-refractivity contribution in [3.05, 3.63) is 11.8 Å². The van der Waals surface area contributed by atoms with Gasteiger partial charge in [-0.1, -0.05) is 13.8 Å². The molecule has 0 aliphatic heterocycles. The van der Waals surface area contributed by atoms with Gasteiger partial charge in [0.05, 0.1) is 6.54 Å². The topological polar surface area (TPSA) is 86.9 Å². The number of anilines is 1. The smallest absolute Gasteiger partial charge is 0.244 e. The fourth-order valence-corrected chi connectivity index (χ4v) is 1.09. The van der Waals surface area contributed by atoms with Gasteiger partial charge in [-0.05, 0) is 5.92 Å². The molecule has 0 saturated carbocycles. The Kier molecular flexibility index (Phi) is 4.04. The Labute approximate surface area is 93.8 Å². The average molecular weight is 224 g/mol. The fraction of sp³-hybridized carbons (Fsp3) is 0.500. The summed E-state index contributed by atoms with van der Waals surface area (Å²) in [5, 5.41) is 11.7. The number of nitrogens with zero attached hydrogens (tertiary/aromatic N) is 1. The number of amides is 2. The molecule has 3 N–H and O–H groups in total. The van der Waals surface area contributed by atoms with Gasteiger partial charge in [-0.15, -0.1) is 0 Å². The van der Waals surface area contributed by atoms with E-state index in [4.69, 9.17) is 0 Å². The van der Waals surface area contributed by atoms with Gasteiger partial charge in [0.1, 0.15) is 0 Å². The van der Waals surface area contributed by atoms with E-state index < -0.39 is 0 Å². The molecule has 0 unspecified atom stereocenters. The monoisotopic (exact) mass is 224 g/mol. The van der Waals surface area contributed by atoms with Crippen LogP contribution in [0.25, 0.3) is 0 Å². The van der Waals surface area contributed by atoms with E-state index in [1.807, 2.05) is 13.8 Å². The maximum Gasteiger partial charge on any atom is 0.244 e. The standard InChI is InChI=1S/C10H16N4O2/c1-6(2)8-4-9(14-13-8)12-10(16)5-11-7(3)15/h4,6H,5H2,1-3H3,(H,11,15)(H2,12,13,14,16). The molecule has 0 radical (unpaired) electrons. The van der Waals surface area contributed by atoms with E-state index in [9.17, 15) is 9.59 Å². The molecule has 1 rings (SSSR count). The first-order valence-corrected chi connectivity index (χ1v) is 5.08. The van der Waals surface area contributed by atoms with E-state index in [0.29, 0.717) is 11.7 Å². The molecule has 16 heavy (non-hydrogen) atoms. The lowest BCUT2D eigenvalue weighted by Crippen LogP contribution is -2.31. The van der Waals surface area contributed by atoms with E-state index in [1.54, 1.807) is 6.07 Å². The minimum atomic E-state index is -0.294. The molecule has 2 amide bonds. The van der Waals surface area contributed by atoms with Gasteiger partial charge in [0.15, 0.2) is 5.82 Å². The van der Waals surface area contributed by atoms with Crippen molar-refractivity contribution in [2.24, 2.45) is 0 Å². The molecule has 0 aliphatic rings. The second-order valence-electron chi connectivity index (χ2n) is 3.82. The van der Waals surface area contributed by atoms with Gasteiger partial charge in [0.25, 0.3) is 0 Å². The molecular weight excluding hydrogens is 208 g/mol. The second-order valence-corrected chi connectivity index (χ2v) is 3.82. The number of aromatic nitrogens is 2. The van der Waals surface area contributed by atoms with E-state index in [2.05, 4.69) is 20.8 Å². The summed E-state index contributed by atoms with van der Waals surface area (Å²) in [7, 11) is 0.